The van der Waals surface area contributed by atoms with Crippen LogP contribution in [0.5, 0.6) is 0 Å². The summed E-state index contributed by atoms with van der Waals surface area (Å²) in [6.07, 6.45) is 0.669. The van der Waals surface area contributed by atoms with E-state index in [1.807, 2.05) is 11.8 Å². The molecule has 0 unspecified atom stereocenters. The predicted molar refractivity (Wildman–Crippen MR) is 98.6 cm³/mol. The van der Waals surface area contributed by atoms with Gasteiger partial charge in [0.25, 0.3) is 0 Å². The van der Waals surface area contributed by atoms with Gasteiger partial charge in [0.05, 0.1) is 11.4 Å². The number of sulfonamides is 1. The highest BCUT2D eigenvalue weighted by molar-refractivity contribution is 7.89. The molecule has 0 spiro atoms. The Balaban J connectivity index is 1.73. The van der Waals surface area contributed by atoms with E-state index >= 15 is 0 Å². The Labute approximate surface area is 151 Å². The molecule has 0 atom stereocenters. The SMILES string of the molecule is Cc1c(Cl)cccc1NC(=O)CN1CCc2cc(S(N)(=O)=O)ccc21. The molecule has 1 amide bonds. The lowest BCUT2D eigenvalue weighted by Gasteiger charge is -2.19. The summed E-state index contributed by atoms with van der Waals surface area (Å²) in [7, 11) is -3.72. The minimum absolute atomic E-state index is 0.0899. The molecule has 0 bridgehead atoms. The van der Waals surface area contributed by atoms with Crippen LogP contribution in [0.2, 0.25) is 5.02 Å². The van der Waals surface area contributed by atoms with E-state index in [0.29, 0.717) is 23.7 Å². The van der Waals surface area contributed by atoms with Crippen LogP contribution in [0.15, 0.2) is 41.3 Å². The number of amides is 1. The molecule has 25 heavy (non-hydrogen) atoms. The monoisotopic (exact) mass is 379 g/mol. The van der Waals surface area contributed by atoms with E-state index in [2.05, 4.69) is 5.32 Å². The van der Waals surface area contributed by atoms with Gasteiger partial charge in [-0.25, -0.2) is 13.6 Å². The van der Waals surface area contributed by atoms with Gasteiger partial charge >= 0.3 is 0 Å². The molecule has 0 aliphatic carbocycles. The number of carbonyl (C=O) groups excluding carboxylic acids is 1. The van der Waals surface area contributed by atoms with Crippen molar-refractivity contribution in [3.8, 4) is 0 Å². The van der Waals surface area contributed by atoms with E-state index in [1.165, 1.54) is 6.07 Å². The van der Waals surface area contributed by atoms with Crippen molar-refractivity contribution in [2.45, 2.75) is 18.2 Å². The van der Waals surface area contributed by atoms with Gasteiger partial charge in [0.1, 0.15) is 0 Å². The van der Waals surface area contributed by atoms with Crippen LogP contribution in [-0.4, -0.2) is 27.4 Å². The fourth-order valence-corrected chi connectivity index (χ4v) is 3.63. The fraction of sp³-hybridized carbons (Fsp3) is 0.235. The van der Waals surface area contributed by atoms with Gasteiger partial charge in [-0.05, 0) is 54.8 Å². The zero-order valence-electron chi connectivity index (χ0n) is 13.6. The second-order valence-electron chi connectivity index (χ2n) is 5.97. The van der Waals surface area contributed by atoms with E-state index in [0.717, 1.165) is 16.8 Å². The van der Waals surface area contributed by atoms with Gasteiger partial charge in [-0.3, -0.25) is 4.79 Å². The number of halogens is 1. The molecule has 1 aliphatic rings. The molecule has 0 radical (unpaired) electrons. The van der Waals surface area contributed by atoms with E-state index in [-0.39, 0.29) is 17.3 Å². The Bertz CT molecular complexity index is 944. The number of fused-ring (bicyclic) bond motifs is 1. The van der Waals surface area contributed by atoms with Crippen molar-refractivity contribution in [2.24, 2.45) is 5.14 Å². The molecule has 3 rings (SSSR count). The standard InChI is InChI=1S/C17H18ClN3O3S/c1-11-14(18)3-2-4-15(11)20-17(22)10-21-8-7-12-9-13(25(19,23)24)5-6-16(12)21/h2-6,9H,7-8,10H2,1H3,(H,20,22)(H2,19,23,24). The first-order chi connectivity index (χ1) is 11.8. The maximum Gasteiger partial charge on any atom is 0.243 e. The van der Waals surface area contributed by atoms with Gasteiger partial charge in [-0.1, -0.05) is 17.7 Å². The Morgan fingerprint density at radius 3 is 2.80 bits per heavy atom. The van der Waals surface area contributed by atoms with Gasteiger partial charge in [0.15, 0.2) is 0 Å². The van der Waals surface area contributed by atoms with E-state index in [9.17, 15) is 13.2 Å². The molecule has 1 heterocycles. The van der Waals surface area contributed by atoms with Gasteiger partial charge < -0.3 is 10.2 Å². The maximum atomic E-state index is 12.4. The molecular weight excluding hydrogens is 362 g/mol. The third kappa shape index (κ3) is 3.78. The average Bonchev–Trinajstić information content (AvgIpc) is 2.93. The Morgan fingerprint density at radius 1 is 1.32 bits per heavy atom. The van der Waals surface area contributed by atoms with E-state index in [1.54, 1.807) is 30.3 Å². The second-order valence-corrected chi connectivity index (χ2v) is 7.94. The second kappa shape index (κ2) is 6.67. The summed E-state index contributed by atoms with van der Waals surface area (Å²) in [6.45, 7) is 2.66. The van der Waals surface area contributed by atoms with Gasteiger partial charge in [-0.2, -0.15) is 0 Å². The first kappa shape index (κ1) is 17.7. The van der Waals surface area contributed by atoms with Crippen LogP contribution in [0.3, 0.4) is 0 Å². The van der Waals surface area contributed by atoms with Crippen LogP contribution in [0.1, 0.15) is 11.1 Å². The summed E-state index contributed by atoms with van der Waals surface area (Å²) in [5.74, 6) is -0.159. The van der Waals surface area contributed by atoms with Crippen molar-refractivity contribution in [1.29, 1.82) is 0 Å². The molecule has 2 aromatic rings. The average molecular weight is 380 g/mol. The first-order valence-corrected chi connectivity index (χ1v) is 9.64. The van der Waals surface area contributed by atoms with Crippen molar-refractivity contribution >= 4 is 38.9 Å². The minimum Gasteiger partial charge on any atom is -0.362 e. The Hall–Kier alpha value is -2.09. The van der Waals surface area contributed by atoms with Crippen LogP contribution >= 0.6 is 11.6 Å². The number of hydrogen-bond acceptors (Lipinski definition) is 4. The Kier molecular flexibility index (Phi) is 4.73. The Morgan fingerprint density at radius 2 is 2.08 bits per heavy atom. The number of nitrogens with zero attached hydrogens (tertiary/aromatic N) is 1. The third-order valence-electron chi connectivity index (χ3n) is 4.25. The number of primary sulfonamides is 1. The highest BCUT2D eigenvalue weighted by Crippen LogP contribution is 2.30. The van der Waals surface area contributed by atoms with E-state index < -0.39 is 10.0 Å². The first-order valence-electron chi connectivity index (χ1n) is 7.71. The van der Waals surface area contributed by atoms with Crippen LogP contribution in [0, 0.1) is 6.92 Å². The van der Waals surface area contributed by atoms with Gasteiger partial charge in [0.2, 0.25) is 15.9 Å². The molecule has 2 aromatic carbocycles. The molecule has 0 aromatic heterocycles. The van der Waals surface area contributed by atoms with Crippen LogP contribution < -0.4 is 15.4 Å². The summed E-state index contributed by atoms with van der Waals surface area (Å²) >= 11 is 6.07. The topological polar surface area (TPSA) is 92.5 Å². The predicted octanol–water partition coefficient (Wildman–Crippen LogP) is 2.30. The van der Waals surface area contributed by atoms with Crippen LogP contribution in [-0.2, 0) is 21.2 Å². The van der Waals surface area contributed by atoms with Crippen molar-refractivity contribution in [3.63, 3.8) is 0 Å². The molecule has 0 saturated heterocycles. The normalized spacial score (nSPS) is 13.6. The third-order valence-corrected chi connectivity index (χ3v) is 5.57. The molecular formula is C17H18ClN3O3S. The fourth-order valence-electron chi connectivity index (χ4n) is 2.89. The van der Waals surface area contributed by atoms with Gasteiger partial charge in [0, 0.05) is 22.9 Å². The summed E-state index contributed by atoms with van der Waals surface area (Å²) < 4.78 is 22.9. The summed E-state index contributed by atoms with van der Waals surface area (Å²) in [5.41, 5.74) is 3.22. The summed E-state index contributed by atoms with van der Waals surface area (Å²) in [6, 6.07) is 10.1. The zero-order valence-corrected chi connectivity index (χ0v) is 15.2. The minimum atomic E-state index is -3.72. The number of nitrogens with one attached hydrogen (secondary N) is 1. The highest BCUT2D eigenvalue weighted by Gasteiger charge is 2.23. The molecule has 6 nitrogen and oxygen atoms in total. The van der Waals surface area contributed by atoms with Crippen molar-refractivity contribution in [2.75, 3.05) is 23.3 Å². The molecule has 1 aliphatic heterocycles. The number of carbonyl (C=O) groups is 1. The molecule has 3 N–H and O–H groups in total. The molecule has 0 fully saturated rings. The number of hydrogen-bond donors (Lipinski definition) is 2. The summed E-state index contributed by atoms with van der Waals surface area (Å²) in [4.78, 5) is 14.4. The lowest BCUT2D eigenvalue weighted by molar-refractivity contribution is -0.115. The summed E-state index contributed by atoms with van der Waals surface area (Å²) in [5, 5.41) is 8.62. The maximum absolute atomic E-state index is 12.4. The number of nitrogens with two attached hydrogens (primary N) is 1. The van der Waals surface area contributed by atoms with Crippen molar-refractivity contribution in [3.05, 3.63) is 52.5 Å². The van der Waals surface area contributed by atoms with Crippen LogP contribution in [0.25, 0.3) is 0 Å². The van der Waals surface area contributed by atoms with Crippen molar-refractivity contribution < 1.29 is 13.2 Å². The lowest BCUT2D eigenvalue weighted by atomic mass is 10.2. The quantitative estimate of drug-likeness (QED) is 0.852. The largest absolute Gasteiger partial charge is 0.362 e. The smallest absolute Gasteiger partial charge is 0.243 e. The molecule has 0 saturated carbocycles. The lowest BCUT2D eigenvalue weighted by Crippen LogP contribution is -2.32. The highest BCUT2D eigenvalue weighted by atomic mass is 35.5. The molecule has 132 valence electrons. The molecule has 8 heteroatoms. The zero-order chi connectivity index (χ0) is 18.2. The number of benzene rings is 2. The van der Waals surface area contributed by atoms with E-state index in [4.69, 9.17) is 16.7 Å². The van der Waals surface area contributed by atoms with Gasteiger partial charge in [-0.15, -0.1) is 0 Å². The number of rotatable bonds is 4. The van der Waals surface area contributed by atoms with Crippen molar-refractivity contribution in [1.82, 2.24) is 0 Å². The van der Waals surface area contributed by atoms with Crippen LogP contribution in [0.4, 0.5) is 11.4 Å². The number of anilines is 2.